The summed E-state index contributed by atoms with van der Waals surface area (Å²) in [6.07, 6.45) is 6.80. The monoisotopic (exact) mass is 550 g/mol. The first kappa shape index (κ1) is 28.7. The number of carbonyl (C=O) groups is 2. The van der Waals surface area contributed by atoms with Crippen LogP contribution in [0.5, 0.6) is 0 Å². The number of amides is 2. The number of benzene rings is 1. The molecule has 0 spiro atoms. The van der Waals surface area contributed by atoms with Crippen LogP contribution in [0.15, 0.2) is 36.5 Å². The van der Waals surface area contributed by atoms with Gasteiger partial charge in [0.15, 0.2) is 0 Å². The second-order valence-electron chi connectivity index (χ2n) is 12.0. The Bertz CT molecular complexity index is 1180. The Hall–Kier alpha value is -2.84. The van der Waals surface area contributed by atoms with Gasteiger partial charge in [-0.15, -0.1) is 0 Å². The van der Waals surface area contributed by atoms with E-state index in [1.807, 2.05) is 35.8 Å². The predicted octanol–water partition coefficient (Wildman–Crippen LogP) is 4.75. The summed E-state index contributed by atoms with van der Waals surface area (Å²) in [5, 5.41) is 0. The zero-order chi connectivity index (χ0) is 28.3. The molecule has 216 valence electrons. The van der Waals surface area contributed by atoms with Gasteiger partial charge in [-0.3, -0.25) is 19.5 Å². The minimum absolute atomic E-state index is 0.0157. The average Bonchev–Trinajstić information content (AvgIpc) is 2.97. The topological polar surface area (TPSA) is 66.0 Å². The first-order chi connectivity index (χ1) is 19.3. The number of likely N-dealkylation sites (tertiary alicyclic amines) is 2. The Labute approximate surface area is 237 Å². The zero-order valence-electron chi connectivity index (χ0n) is 24.2. The van der Waals surface area contributed by atoms with E-state index in [9.17, 15) is 14.0 Å². The molecule has 0 bridgehead atoms. The Kier molecular flexibility index (Phi) is 8.86. The van der Waals surface area contributed by atoms with E-state index in [0.717, 1.165) is 81.5 Å². The highest BCUT2D eigenvalue weighted by molar-refractivity contribution is 5.96. The van der Waals surface area contributed by atoms with E-state index in [4.69, 9.17) is 4.74 Å². The smallest absolute Gasteiger partial charge is 0.255 e. The lowest BCUT2D eigenvalue weighted by atomic mass is 9.85. The molecule has 0 radical (unpaired) electrons. The van der Waals surface area contributed by atoms with Gasteiger partial charge in [0, 0.05) is 75.2 Å². The van der Waals surface area contributed by atoms with Crippen LogP contribution in [0.4, 0.5) is 4.39 Å². The van der Waals surface area contributed by atoms with Gasteiger partial charge in [-0.05, 0) is 77.0 Å². The minimum atomic E-state index is -0.254. The summed E-state index contributed by atoms with van der Waals surface area (Å²) in [5.41, 5.74) is 3.09. The van der Waals surface area contributed by atoms with E-state index in [1.54, 1.807) is 18.3 Å². The van der Waals surface area contributed by atoms with Crippen LogP contribution in [-0.4, -0.2) is 82.5 Å². The molecular formula is C32H43FN4O3. The number of piperidine rings is 2. The van der Waals surface area contributed by atoms with Crippen LogP contribution in [0.25, 0.3) is 0 Å². The summed E-state index contributed by atoms with van der Waals surface area (Å²) in [4.78, 5) is 37.9. The van der Waals surface area contributed by atoms with Gasteiger partial charge in [0.1, 0.15) is 5.82 Å². The molecule has 1 aromatic heterocycles. The quantitative estimate of drug-likeness (QED) is 0.519. The number of nitrogens with zero attached hydrogens (tertiary/aromatic N) is 4. The fraction of sp³-hybridized carbons (Fsp3) is 0.594. The van der Waals surface area contributed by atoms with Gasteiger partial charge < -0.3 is 14.5 Å². The normalized spacial score (nSPS) is 20.9. The molecule has 3 fully saturated rings. The first-order valence-electron chi connectivity index (χ1n) is 14.8. The van der Waals surface area contributed by atoms with Gasteiger partial charge in [0.05, 0.1) is 11.3 Å². The van der Waals surface area contributed by atoms with Crippen molar-refractivity contribution in [3.63, 3.8) is 0 Å². The van der Waals surface area contributed by atoms with Gasteiger partial charge in [0.2, 0.25) is 5.91 Å². The van der Waals surface area contributed by atoms with Crippen LogP contribution < -0.4 is 0 Å². The second kappa shape index (κ2) is 12.4. The molecule has 4 heterocycles. The minimum Gasteiger partial charge on any atom is -0.381 e. The van der Waals surface area contributed by atoms with Gasteiger partial charge in [-0.1, -0.05) is 18.2 Å². The van der Waals surface area contributed by atoms with Gasteiger partial charge in [-0.2, -0.15) is 0 Å². The largest absolute Gasteiger partial charge is 0.381 e. The van der Waals surface area contributed by atoms with E-state index in [1.165, 1.54) is 6.07 Å². The van der Waals surface area contributed by atoms with Crippen LogP contribution in [0.2, 0.25) is 0 Å². The number of carbonyl (C=O) groups excluding carboxylic acids is 2. The van der Waals surface area contributed by atoms with Crippen molar-refractivity contribution in [3.8, 4) is 0 Å². The molecule has 0 saturated carbocycles. The summed E-state index contributed by atoms with van der Waals surface area (Å²) < 4.78 is 20.1. The van der Waals surface area contributed by atoms with E-state index < -0.39 is 0 Å². The van der Waals surface area contributed by atoms with Crippen molar-refractivity contribution < 1.29 is 18.7 Å². The Morgan fingerprint density at radius 2 is 1.70 bits per heavy atom. The van der Waals surface area contributed by atoms with Crippen LogP contribution in [0.1, 0.15) is 72.6 Å². The SMILES string of the molecule is Cc1ccnc(C)c1C(=O)N1CCC(C)(N2CCC(N(Cc3ccccc3F)C(=O)C3CCOCC3)CC2)CC1. The lowest BCUT2D eigenvalue weighted by Gasteiger charge is -2.50. The lowest BCUT2D eigenvalue weighted by molar-refractivity contribution is -0.143. The van der Waals surface area contributed by atoms with Crippen molar-refractivity contribution in [1.29, 1.82) is 0 Å². The van der Waals surface area contributed by atoms with E-state index in [0.29, 0.717) is 25.3 Å². The zero-order valence-corrected chi connectivity index (χ0v) is 24.2. The molecule has 8 heteroatoms. The molecule has 2 amide bonds. The van der Waals surface area contributed by atoms with Crippen molar-refractivity contribution in [3.05, 3.63) is 64.7 Å². The molecular weight excluding hydrogens is 507 g/mol. The van der Waals surface area contributed by atoms with Gasteiger partial charge in [0.25, 0.3) is 5.91 Å². The second-order valence-corrected chi connectivity index (χ2v) is 12.0. The average molecular weight is 551 g/mol. The summed E-state index contributed by atoms with van der Waals surface area (Å²) in [6.45, 7) is 11.0. The Morgan fingerprint density at radius 1 is 1.02 bits per heavy atom. The molecule has 0 atom stereocenters. The van der Waals surface area contributed by atoms with Crippen molar-refractivity contribution in [2.75, 3.05) is 39.4 Å². The number of rotatable bonds is 6. The number of hydrogen-bond acceptors (Lipinski definition) is 5. The van der Waals surface area contributed by atoms with E-state index in [2.05, 4.69) is 16.8 Å². The van der Waals surface area contributed by atoms with Crippen LogP contribution >= 0.6 is 0 Å². The highest BCUT2D eigenvalue weighted by atomic mass is 19.1. The summed E-state index contributed by atoms with van der Waals surface area (Å²) in [7, 11) is 0. The molecule has 7 nitrogen and oxygen atoms in total. The number of hydrogen-bond donors (Lipinski definition) is 0. The number of ether oxygens (including phenoxy) is 1. The number of aromatic nitrogens is 1. The van der Waals surface area contributed by atoms with Crippen molar-refractivity contribution in [2.45, 2.75) is 77.4 Å². The Morgan fingerprint density at radius 3 is 2.35 bits per heavy atom. The van der Waals surface area contributed by atoms with Crippen molar-refractivity contribution >= 4 is 11.8 Å². The maximum Gasteiger partial charge on any atom is 0.255 e. The van der Waals surface area contributed by atoms with Crippen molar-refractivity contribution in [1.82, 2.24) is 19.7 Å². The number of aryl methyl sites for hydroxylation is 2. The van der Waals surface area contributed by atoms with Crippen LogP contribution in [0, 0.1) is 25.6 Å². The fourth-order valence-electron chi connectivity index (χ4n) is 6.78. The standard InChI is InChI=1S/C32H43FN4O3/c1-23-8-15-34-24(2)29(23)31(39)35-18-13-32(3,14-19-35)36-16-9-27(10-17-36)37(22-26-6-4-5-7-28(26)33)30(38)25-11-20-40-21-12-25/h4-8,15,25,27H,9-14,16-22H2,1-3H3. The summed E-state index contributed by atoms with van der Waals surface area (Å²) >= 11 is 0. The van der Waals surface area contributed by atoms with Crippen molar-refractivity contribution in [2.24, 2.45) is 5.92 Å². The predicted molar refractivity (Wildman–Crippen MR) is 152 cm³/mol. The highest BCUT2D eigenvalue weighted by Crippen LogP contribution is 2.34. The highest BCUT2D eigenvalue weighted by Gasteiger charge is 2.41. The lowest BCUT2D eigenvalue weighted by Crippen LogP contribution is -2.58. The molecule has 40 heavy (non-hydrogen) atoms. The van der Waals surface area contributed by atoms with Crippen LogP contribution in [0.3, 0.4) is 0 Å². The van der Waals surface area contributed by atoms with Crippen LogP contribution in [-0.2, 0) is 16.1 Å². The molecule has 5 rings (SSSR count). The first-order valence-corrected chi connectivity index (χ1v) is 14.8. The molecule has 0 N–H and O–H groups in total. The van der Waals surface area contributed by atoms with Gasteiger partial charge in [-0.25, -0.2) is 4.39 Å². The molecule has 0 aliphatic carbocycles. The summed E-state index contributed by atoms with van der Waals surface area (Å²) in [5.74, 6) is -0.0801. The molecule has 3 aliphatic heterocycles. The number of pyridine rings is 1. The molecule has 0 unspecified atom stereocenters. The van der Waals surface area contributed by atoms with Gasteiger partial charge >= 0.3 is 0 Å². The molecule has 1 aromatic carbocycles. The third kappa shape index (κ3) is 6.08. The summed E-state index contributed by atoms with van der Waals surface area (Å²) in [6, 6.07) is 8.80. The maximum absolute atomic E-state index is 14.6. The third-order valence-electron chi connectivity index (χ3n) is 9.51. The fourth-order valence-corrected chi connectivity index (χ4v) is 6.78. The molecule has 3 saturated heterocycles. The maximum atomic E-state index is 14.6. The van der Waals surface area contributed by atoms with E-state index >= 15 is 0 Å². The third-order valence-corrected chi connectivity index (χ3v) is 9.51. The molecule has 3 aliphatic rings. The molecule has 2 aromatic rings. The van der Waals surface area contributed by atoms with E-state index in [-0.39, 0.29) is 35.1 Å². The number of halogens is 1. The Balaban J connectivity index is 1.22.